The number of aromatic nitrogens is 2. The van der Waals surface area contributed by atoms with Gasteiger partial charge >= 0.3 is 0 Å². The molecule has 0 fully saturated rings. The lowest BCUT2D eigenvalue weighted by atomic mass is 10.1. The van der Waals surface area contributed by atoms with Gasteiger partial charge in [-0.05, 0) is 19.1 Å². The third-order valence-electron chi connectivity index (χ3n) is 3.75. The molecule has 1 aromatic heterocycles. The minimum absolute atomic E-state index is 0.0646. The molecule has 2 aromatic carbocycles. The average molecular weight is 325 g/mol. The third kappa shape index (κ3) is 2.86. The molecule has 0 aliphatic rings. The van der Waals surface area contributed by atoms with Crippen molar-refractivity contribution < 1.29 is 14.6 Å². The minimum atomic E-state index is 0.0646. The van der Waals surface area contributed by atoms with Gasteiger partial charge in [0.15, 0.2) is 17.3 Å². The van der Waals surface area contributed by atoms with Gasteiger partial charge in [-0.2, -0.15) is 5.10 Å². The Hall–Kier alpha value is -3.15. The van der Waals surface area contributed by atoms with E-state index in [9.17, 15) is 5.11 Å². The number of hydrogen-bond acceptors (Lipinski definition) is 5. The number of rotatable bonds is 5. The molecule has 6 nitrogen and oxygen atoms in total. The first-order valence-electron chi connectivity index (χ1n) is 7.46. The molecule has 3 aromatic rings. The molecule has 0 saturated heterocycles. The highest BCUT2D eigenvalue weighted by Crippen LogP contribution is 2.42. The number of para-hydroxylation sites is 1. The van der Waals surface area contributed by atoms with Crippen LogP contribution in [0.1, 0.15) is 5.56 Å². The maximum atomic E-state index is 10.1. The van der Waals surface area contributed by atoms with Crippen LogP contribution in [0, 0.1) is 6.92 Å². The summed E-state index contributed by atoms with van der Waals surface area (Å²) in [5, 5.41) is 17.8. The summed E-state index contributed by atoms with van der Waals surface area (Å²) >= 11 is 0. The maximum absolute atomic E-state index is 10.1. The molecule has 0 bridgehead atoms. The Bertz CT molecular complexity index is 844. The predicted molar refractivity (Wildman–Crippen MR) is 92.8 cm³/mol. The summed E-state index contributed by atoms with van der Waals surface area (Å²) in [4.78, 5) is 0. The zero-order chi connectivity index (χ0) is 17.1. The van der Waals surface area contributed by atoms with Crippen molar-refractivity contribution in [2.24, 2.45) is 0 Å². The molecule has 0 radical (unpaired) electrons. The van der Waals surface area contributed by atoms with Crippen molar-refractivity contribution in [1.29, 1.82) is 0 Å². The molecule has 0 unspecified atom stereocenters. The summed E-state index contributed by atoms with van der Waals surface area (Å²) in [6.45, 7) is 1.77. The van der Waals surface area contributed by atoms with Crippen molar-refractivity contribution in [1.82, 2.24) is 9.78 Å². The fourth-order valence-corrected chi connectivity index (χ4v) is 2.52. The van der Waals surface area contributed by atoms with Gasteiger partial charge in [0.05, 0.1) is 25.6 Å². The van der Waals surface area contributed by atoms with Gasteiger partial charge in [-0.15, -0.1) is 0 Å². The SMILES string of the molecule is COc1cc(Nc2ccn(-c3ccccc3)n2)c(OC)c(C)c1O. The quantitative estimate of drug-likeness (QED) is 0.701. The highest BCUT2D eigenvalue weighted by atomic mass is 16.5. The van der Waals surface area contributed by atoms with Crippen LogP contribution in [0.4, 0.5) is 11.5 Å². The van der Waals surface area contributed by atoms with Crippen LogP contribution in [0.3, 0.4) is 0 Å². The van der Waals surface area contributed by atoms with Gasteiger partial charge in [0.2, 0.25) is 0 Å². The molecule has 124 valence electrons. The van der Waals surface area contributed by atoms with E-state index in [1.165, 1.54) is 7.11 Å². The number of phenolic OH excluding ortho intramolecular Hbond substituents is 1. The molecule has 0 spiro atoms. The summed E-state index contributed by atoms with van der Waals surface area (Å²) in [5.41, 5.74) is 2.24. The van der Waals surface area contributed by atoms with Crippen LogP contribution in [0.5, 0.6) is 17.2 Å². The number of ether oxygens (including phenoxy) is 2. The fourth-order valence-electron chi connectivity index (χ4n) is 2.52. The van der Waals surface area contributed by atoms with E-state index in [0.29, 0.717) is 28.6 Å². The number of anilines is 2. The predicted octanol–water partition coefficient (Wildman–Crippen LogP) is 3.65. The topological polar surface area (TPSA) is 68.5 Å². The van der Waals surface area contributed by atoms with E-state index >= 15 is 0 Å². The monoisotopic (exact) mass is 325 g/mol. The van der Waals surface area contributed by atoms with Gasteiger partial charge < -0.3 is 19.9 Å². The maximum Gasteiger partial charge on any atom is 0.164 e. The van der Waals surface area contributed by atoms with E-state index in [0.717, 1.165) is 5.69 Å². The number of phenols is 1. The molecule has 0 amide bonds. The number of hydrogen-bond donors (Lipinski definition) is 2. The number of nitrogens with one attached hydrogen (secondary N) is 1. The zero-order valence-corrected chi connectivity index (χ0v) is 13.8. The molecule has 0 atom stereocenters. The number of aromatic hydroxyl groups is 1. The Kier molecular flexibility index (Phi) is 4.29. The summed E-state index contributed by atoms with van der Waals surface area (Å²) in [7, 11) is 3.07. The Labute approximate surface area is 140 Å². The van der Waals surface area contributed by atoms with Crippen LogP contribution in [-0.2, 0) is 0 Å². The average Bonchev–Trinajstić information content (AvgIpc) is 3.07. The van der Waals surface area contributed by atoms with Crippen molar-refractivity contribution in [2.45, 2.75) is 6.92 Å². The molecular weight excluding hydrogens is 306 g/mol. The Morgan fingerprint density at radius 1 is 1.08 bits per heavy atom. The van der Waals surface area contributed by atoms with Gasteiger partial charge in [0, 0.05) is 23.9 Å². The second-order valence-corrected chi connectivity index (χ2v) is 5.24. The highest BCUT2D eigenvalue weighted by molar-refractivity contribution is 5.72. The van der Waals surface area contributed by atoms with Crippen molar-refractivity contribution >= 4 is 11.5 Å². The summed E-state index contributed by atoms with van der Waals surface area (Å²) in [6, 6.07) is 13.4. The van der Waals surface area contributed by atoms with Gasteiger partial charge in [0.1, 0.15) is 5.75 Å². The first-order chi connectivity index (χ1) is 11.6. The normalized spacial score (nSPS) is 10.5. The first kappa shape index (κ1) is 15.7. The lowest BCUT2D eigenvalue weighted by molar-refractivity contribution is 0.363. The van der Waals surface area contributed by atoms with Crippen LogP contribution < -0.4 is 14.8 Å². The molecule has 0 saturated carbocycles. The summed E-state index contributed by atoms with van der Waals surface area (Å²) in [6.07, 6.45) is 1.87. The zero-order valence-electron chi connectivity index (χ0n) is 13.8. The Morgan fingerprint density at radius 3 is 2.50 bits per heavy atom. The molecule has 0 aliphatic carbocycles. The number of benzene rings is 2. The summed E-state index contributed by atoms with van der Waals surface area (Å²) in [5.74, 6) is 1.64. The largest absolute Gasteiger partial charge is 0.504 e. The van der Waals surface area contributed by atoms with Gasteiger partial charge in [-0.1, -0.05) is 18.2 Å². The second-order valence-electron chi connectivity index (χ2n) is 5.24. The molecule has 3 rings (SSSR count). The van der Waals surface area contributed by atoms with E-state index < -0.39 is 0 Å². The van der Waals surface area contributed by atoms with Crippen molar-refractivity contribution in [2.75, 3.05) is 19.5 Å². The smallest absolute Gasteiger partial charge is 0.164 e. The molecule has 1 heterocycles. The van der Waals surface area contributed by atoms with E-state index in [1.54, 1.807) is 24.8 Å². The van der Waals surface area contributed by atoms with Crippen LogP contribution in [-0.4, -0.2) is 29.1 Å². The van der Waals surface area contributed by atoms with Crippen LogP contribution in [0.15, 0.2) is 48.7 Å². The lowest BCUT2D eigenvalue weighted by Gasteiger charge is -2.16. The lowest BCUT2D eigenvalue weighted by Crippen LogP contribution is -2.00. The van der Waals surface area contributed by atoms with Crippen LogP contribution in [0.2, 0.25) is 0 Å². The van der Waals surface area contributed by atoms with E-state index in [1.807, 2.05) is 42.6 Å². The van der Waals surface area contributed by atoms with Crippen molar-refractivity contribution in [3.05, 3.63) is 54.2 Å². The van der Waals surface area contributed by atoms with Crippen molar-refractivity contribution in [3.8, 4) is 22.9 Å². The standard InChI is InChI=1S/C18H19N3O3/c1-12-17(22)15(23-2)11-14(18(12)24-3)19-16-9-10-21(20-16)13-7-5-4-6-8-13/h4-11,22H,1-3H3,(H,19,20). The second kappa shape index (κ2) is 6.54. The van der Waals surface area contributed by atoms with Crippen LogP contribution in [0.25, 0.3) is 5.69 Å². The highest BCUT2D eigenvalue weighted by Gasteiger charge is 2.16. The van der Waals surface area contributed by atoms with Gasteiger partial charge in [-0.25, -0.2) is 4.68 Å². The molecule has 2 N–H and O–H groups in total. The number of nitrogens with zero attached hydrogens (tertiary/aromatic N) is 2. The molecular formula is C18H19N3O3. The van der Waals surface area contributed by atoms with E-state index in [-0.39, 0.29) is 5.75 Å². The molecule has 6 heteroatoms. The van der Waals surface area contributed by atoms with E-state index in [2.05, 4.69) is 10.4 Å². The Morgan fingerprint density at radius 2 is 1.83 bits per heavy atom. The van der Waals surface area contributed by atoms with Gasteiger partial charge in [0.25, 0.3) is 0 Å². The first-order valence-corrected chi connectivity index (χ1v) is 7.46. The number of methoxy groups -OCH3 is 2. The molecule has 0 aliphatic heterocycles. The summed E-state index contributed by atoms with van der Waals surface area (Å²) < 4.78 is 12.4. The minimum Gasteiger partial charge on any atom is -0.504 e. The Balaban J connectivity index is 1.94. The fraction of sp³-hybridized carbons (Fsp3) is 0.167. The molecule has 24 heavy (non-hydrogen) atoms. The third-order valence-corrected chi connectivity index (χ3v) is 3.75. The van der Waals surface area contributed by atoms with Crippen molar-refractivity contribution in [3.63, 3.8) is 0 Å². The van der Waals surface area contributed by atoms with Crippen LogP contribution >= 0.6 is 0 Å². The van der Waals surface area contributed by atoms with Gasteiger partial charge in [-0.3, -0.25) is 0 Å². The van der Waals surface area contributed by atoms with E-state index in [4.69, 9.17) is 9.47 Å².